The molecule has 10 heavy (non-hydrogen) atoms. The lowest BCUT2D eigenvalue weighted by atomic mass is 9.83. The summed E-state index contributed by atoms with van der Waals surface area (Å²) < 4.78 is 4.92. The van der Waals surface area contributed by atoms with Gasteiger partial charge in [0.25, 0.3) is 0 Å². The molecule has 0 saturated heterocycles. The zero-order valence-electron chi connectivity index (χ0n) is 6.55. The van der Waals surface area contributed by atoms with E-state index in [4.69, 9.17) is 15.4 Å². The van der Waals surface area contributed by atoms with Crippen LogP contribution in [-0.2, 0) is 4.65 Å². The summed E-state index contributed by atoms with van der Waals surface area (Å²) in [6, 6.07) is 0. The zero-order chi connectivity index (χ0) is 7.82. The molecule has 3 nitrogen and oxygen atoms in total. The molecule has 0 radical (unpaired) electrons. The van der Waals surface area contributed by atoms with E-state index in [0.717, 1.165) is 19.2 Å². The Morgan fingerprint density at radius 2 is 2.30 bits per heavy atom. The van der Waals surface area contributed by atoms with E-state index >= 15 is 0 Å². The van der Waals surface area contributed by atoms with Crippen LogP contribution in [0.1, 0.15) is 19.8 Å². The fraction of sp³-hybridized carbons (Fsp3) is 1.00. The molecule has 0 amide bonds. The molecule has 3 N–H and O–H groups in total. The van der Waals surface area contributed by atoms with Gasteiger partial charge < -0.3 is 15.4 Å². The van der Waals surface area contributed by atoms with Crippen LogP contribution in [0.15, 0.2) is 0 Å². The summed E-state index contributed by atoms with van der Waals surface area (Å²) in [4.78, 5) is 0. The standard InChI is InChI=1S/C6H16BNO2/c1-2-3-4-7(9)10-6-5-8/h9H,2-6,8H2,1H3. The highest BCUT2D eigenvalue weighted by Crippen LogP contribution is 1.98. The quantitative estimate of drug-likeness (QED) is 0.526. The van der Waals surface area contributed by atoms with E-state index in [-0.39, 0.29) is 0 Å². The molecule has 0 fully saturated rings. The van der Waals surface area contributed by atoms with Gasteiger partial charge in [-0.05, 0) is 6.32 Å². The Morgan fingerprint density at radius 1 is 1.60 bits per heavy atom. The maximum Gasteiger partial charge on any atom is 0.454 e. The third kappa shape index (κ3) is 6.07. The van der Waals surface area contributed by atoms with Crippen molar-refractivity contribution >= 4 is 7.12 Å². The van der Waals surface area contributed by atoms with Gasteiger partial charge in [-0.1, -0.05) is 19.8 Å². The molecular formula is C6H16BNO2. The van der Waals surface area contributed by atoms with Crippen molar-refractivity contribution < 1.29 is 9.68 Å². The molecule has 0 aromatic carbocycles. The topological polar surface area (TPSA) is 55.5 Å². The minimum absolute atomic E-state index is 0.449. The first-order chi connectivity index (χ1) is 4.81. The Kier molecular flexibility index (Phi) is 7.02. The summed E-state index contributed by atoms with van der Waals surface area (Å²) in [6.07, 6.45) is 2.81. The average molecular weight is 145 g/mol. The number of hydrogen-bond acceptors (Lipinski definition) is 3. The van der Waals surface area contributed by atoms with E-state index in [9.17, 15) is 0 Å². The van der Waals surface area contributed by atoms with E-state index in [0.29, 0.717) is 13.2 Å². The van der Waals surface area contributed by atoms with Crippen molar-refractivity contribution in [2.24, 2.45) is 5.73 Å². The first kappa shape index (κ1) is 9.94. The van der Waals surface area contributed by atoms with E-state index in [1.54, 1.807) is 0 Å². The van der Waals surface area contributed by atoms with E-state index in [2.05, 4.69) is 6.92 Å². The van der Waals surface area contributed by atoms with Crippen LogP contribution in [0.5, 0.6) is 0 Å². The first-order valence-corrected chi connectivity index (χ1v) is 3.81. The molecule has 0 saturated carbocycles. The van der Waals surface area contributed by atoms with Crippen molar-refractivity contribution in [3.63, 3.8) is 0 Å². The Morgan fingerprint density at radius 3 is 2.80 bits per heavy atom. The molecule has 0 atom stereocenters. The van der Waals surface area contributed by atoms with Gasteiger partial charge in [0, 0.05) is 13.2 Å². The van der Waals surface area contributed by atoms with Gasteiger partial charge in [-0.3, -0.25) is 0 Å². The van der Waals surface area contributed by atoms with Gasteiger partial charge in [-0.25, -0.2) is 0 Å². The molecule has 0 aliphatic heterocycles. The lowest BCUT2D eigenvalue weighted by Gasteiger charge is -2.04. The molecule has 60 valence electrons. The van der Waals surface area contributed by atoms with E-state index < -0.39 is 7.12 Å². The van der Waals surface area contributed by atoms with Gasteiger partial charge in [0.1, 0.15) is 0 Å². The van der Waals surface area contributed by atoms with Crippen molar-refractivity contribution in [3.05, 3.63) is 0 Å². The van der Waals surface area contributed by atoms with Crippen molar-refractivity contribution in [3.8, 4) is 0 Å². The Balaban J connectivity index is 3.00. The number of unbranched alkanes of at least 4 members (excludes halogenated alkanes) is 1. The SMILES string of the molecule is CCCCB(O)OCCN. The van der Waals surface area contributed by atoms with Crippen LogP contribution in [0, 0.1) is 0 Å². The molecule has 0 rings (SSSR count). The normalized spacial score (nSPS) is 9.90. The summed E-state index contributed by atoms with van der Waals surface area (Å²) in [6.45, 7) is 3.00. The van der Waals surface area contributed by atoms with Crippen LogP contribution < -0.4 is 5.73 Å². The second-order valence-electron chi connectivity index (χ2n) is 2.26. The van der Waals surface area contributed by atoms with Gasteiger partial charge in [0.15, 0.2) is 0 Å². The molecule has 0 aromatic heterocycles. The second kappa shape index (κ2) is 7.06. The van der Waals surface area contributed by atoms with Crippen LogP contribution in [0.2, 0.25) is 6.32 Å². The molecule has 0 spiro atoms. The fourth-order valence-corrected chi connectivity index (χ4v) is 0.666. The van der Waals surface area contributed by atoms with Crippen LogP contribution >= 0.6 is 0 Å². The van der Waals surface area contributed by atoms with Crippen LogP contribution in [0.25, 0.3) is 0 Å². The second-order valence-corrected chi connectivity index (χ2v) is 2.26. The number of rotatable bonds is 6. The average Bonchev–Trinajstić information content (AvgIpc) is 1.97. The summed E-state index contributed by atoms with van der Waals surface area (Å²) in [7, 11) is -0.608. The fourth-order valence-electron chi connectivity index (χ4n) is 0.666. The maximum absolute atomic E-state index is 9.03. The third-order valence-corrected chi connectivity index (χ3v) is 1.23. The summed E-state index contributed by atoms with van der Waals surface area (Å²) >= 11 is 0. The Hall–Kier alpha value is -0.0551. The lowest BCUT2D eigenvalue weighted by molar-refractivity contribution is 0.265. The highest BCUT2D eigenvalue weighted by Gasteiger charge is 2.09. The summed E-state index contributed by atoms with van der Waals surface area (Å²) in [5, 5.41) is 9.03. The van der Waals surface area contributed by atoms with Crippen LogP contribution in [-0.4, -0.2) is 25.3 Å². The molecule has 0 unspecified atom stereocenters. The van der Waals surface area contributed by atoms with Gasteiger partial charge in [0.05, 0.1) is 0 Å². The zero-order valence-corrected chi connectivity index (χ0v) is 6.55. The molecule has 0 bridgehead atoms. The number of hydrogen-bond donors (Lipinski definition) is 2. The minimum atomic E-state index is -0.608. The molecule has 4 heteroatoms. The Labute approximate surface area is 62.7 Å². The molecule has 0 aliphatic carbocycles. The molecule has 0 aliphatic rings. The molecule has 0 heterocycles. The summed E-state index contributed by atoms with van der Waals surface area (Å²) in [5.74, 6) is 0. The van der Waals surface area contributed by atoms with Crippen molar-refractivity contribution in [1.29, 1.82) is 0 Å². The smallest absolute Gasteiger partial charge is 0.427 e. The van der Waals surface area contributed by atoms with Gasteiger partial charge in [-0.15, -0.1) is 0 Å². The van der Waals surface area contributed by atoms with Crippen molar-refractivity contribution in [2.45, 2.75) is 26.1 Å². The van der Waals surface area contributed by atoms with E-state index in [1.165, 1.54) is 0 Å². The molecular weight excluding hydrogens is 129 g/mol. The van der Waals surface area contributed by atoms with Gasteiger partial charge >= 0.3 is 7.12 Å². The van der Waals surface area contributed by atoms with Crippen molar-refractivity contribution in [2.75, 3.05) is 13.2 Å². The highest BCUT2D eigenvalue weighted by molar-refractivity contribution is 6.42. The summed E-state index contributed by atoms with van der Waals surface area (Å²) in [5.41, 5.74) is 5.17. The Bertz CT molecular complexity index is 64.8. The molecule has 0 aromatic rings. The maximum atomic E-state index is 9.03. The minimum Gasteiger partial charge on any atom is -0.427 e. The largest absolute Gasteiger partial charge is 0.454 e. The lowest BCUT2D eigenvalue weighted by Crippen LogP contribution is -2.21. The third-order valence-electron chi connectivity index (χ3n) is 1.23. The predicted octanol–water partition coefficient (Wildman–Crippen LogP) is 0.242. The first-order valence-electron chi connectivity index (χ1n) is 3.81. The monoisotopic (exact) mass is 145 g/mol. The van der Waals surface area contributed by atoms with Gasteiger partial charge in [-0.2, -0.15) is 0 Å². The van der Waals surface area contributed by atoms with Gasteiger partial charge in [0.2, 0.25) is 0 Å². The number of nitrogens with two attached hydrogens (primary N) is 1. The van der Waals surface area contributed by atoms with Crippen LogP contribution in [0.4, 0.5) is 0 Å². The predicted molar refractivity (Wildman–Crippen MR) is 42.7 cm³/mol. The van der Waals surface area contributed by atoms with Crippen molar-refractivity contribution in [1.82, 2.24) is 0 Å². The van der Waals surface area contributed by atoms with E-state index in [1.807, 2.05) is 0 Å². The highest BCUT2D eigenvalue weighted by atomic mass is 16.5. The van der Waals surface area contributed by atoms with Crippen LogP contribution in [0.3, 0.4) is 0 Å².